The van der Waals surface area contributed by atoms with Gasteiger partial charge < -0.3 is 9.30 Å². The van der Waals surface area contributed by atoms with Gasteiger partial charge in [-0.2, -0.15) is 18.2 Å². The molecule has 0 fully saturated rings. The Bertz CT molecular complexity index is 1280. The lowest BCUT2D eigenvalue weighted by Gasteiger charge is -2.13. The van der Waals surface area contributed by atoms with E-state index in [0.29, 0.717) is 28.3 Å². The highest BCUT2D eigenvalue weighted by atomic mass is 35.5. The normalized spacial score (nSPS) is 11.8. The third-order valence-corrected chi connectivity index (χ3v) is 4.94. The highest BCUT2D eigenvalue weighted by Gasteiger charge is 2.29. The minimum absolute atomic E-state index is 0.0512. The molecule has 0 aliphatic carbocycles. The molecule has 0 atom stereocenters. The lowest BCUT2D eigenvalue weighted by Crippen LogP contribution is -2.23. The Morgan fingerprint density at radius 1 is 1.06 bits per heavy atom. The molecule has 10 heteroatoms. The highest BCUT2D eigenvalue weighted by molar-refractivity contribution is 6.30. The van der Waals surface area contributed by atoms with Gasteiger partial charge in [-0.3, -0.25) is 4.79 Å². The Balaban J connectivity index is 1.63. The number of aromatic nitrogens is 4. The molecule has 160 valence electrons. The van der Waals surface area contributed by atoms with Crippen LogP contribution >= 0.6 is 11.6 Å². The quantitative estimate of drug-likeness (QED) is 0.453. The van der Waals surface area contributed by atoms with Gasteiger partial charge in [0.15, 0.2) is 11.2 Å². The molecule has 4 rings (SSSR count). The summed E-state index contributed by atoms with van der Waals surface area (Å²) in [5.74, 6) is 0. The number of imidazole rings is 1. The van der Waals surface area contributed by atoms with Crippen LogP contribution in [0.15, 0.2) is 59.7 Å². The number of ether oxygens (including phenoxy) is 1. The maximum Gasteiger partial charge on any atom is 0.416 e. The smallest absolute Gasteiger partial charge is 0.416 e. The molecule has 0 aliphatic heterocycles. The number of aryl methyl sites for hydroxylation is 1. The molecule has 0 spiro atoms. The largest absolute Gasteiger partial charge is 0.464 e. The van der Waals surface area contributed by atoms with Crippen LogP contribution in [0.2, 0.25) is 5.02 Å². The highest BCUT2D eigenvalue weighted by Crippen LogP contribution is 2.29. The van der Waals surface area contributed by atoms with Gasteiger partial charge in [-0.25, -0.2) is 9.55 Å². The predicted octanol–water partition coefficient (Wildman–Crippen LogP) is 4.41. The summed E-state index contributed by atoms with van der Waals surface area (Å²) in [6.07, 6.45) is -2.57. The van der Waals surface area contributed by atoms with E-state index in [1.807, 2.05) is 0 Å². The van der Waals surface area contributed by atoms with E-state index in [1.54, 1.807) is 35.9 Å². The van der Waals surface area contributed by atoms with E-state index in [1.165, 1.54) is 23.0 Å². The maximum absolute atomic E-state index is 13.0. The van der Waals surface area contributed by atoms with E-state index in [0.717, 1.165) is 12.1 Å². The van der Waals surface area contributed by atoms with Crippen molar-refractivity contribution in [2.24, 2.45) is 7.05 Å². The van der Waals surface area contributed by atoms with Gasteiger partial charge in [-0.15, -0.1) is 0 Å². The van der Waals surface area contributed by atoms with Crippen molar-refractivity contribution in [1.29, 1.82) is 0 Å². The molecule has 0 aliphatic rings. The van der Waals surface area contributed by atoms with E-state index in [4.69, 9.17) is 16.3 Å². The van der Waals surface area contributed by atoms with Crippen LogP contribution in [0.25, 0.3) is 16.9 Å². The molecule has 31 heavy (non-hydrogen) atoms. The third kappa shape index (κ3) is 4.27. The fraction of sp³-hybridized carbons (Fsp3) is 0.190. The maximum atomic E-state index is 13.0. The molecule has 0 saturated carbocycles. The third-order valence-electron chi connectivity index (χ3n) is 4.69. The second kappa shape index (κ2) is 8.07. The van der Waals surface area contributed by atoms with E-state index in [-0.39, 0.29) is 18.1 Å². The molecule has 0 N–H and O–H groups in total. The summed E-state index contributed by atoms with van der Waals surface area (Å²) >= 11 is 5.95. The molecule has 2 heterocycles. The van der Waals surface area contributed by atoms with Crippen molar-refractivity contribution in [3.8, 4) is 11.7 Å². The summed E-state index contributed by atoms with van der Waals surface area (Å²) in [4.78, 5) is 21.6. The lowest BCUT2D eigenvalue weighted by molar-refractivity contribution is -0.137. The van der Waals surface area contributed by atoms with Crippen molar-refractivity contribution < 1.29 is 17.9 Å². The van der Waals surface area contributed by atoms with Crippen molar-refractivity contribution in [1.82, 2.24) is 19.1 Å². The predicted molar refractivity (Wildman–Crippen MR) is 110 cm³/mol. The summed E-state index contributed by atoms with van der Waals surface area (Å²) in [6.45, 7) is 0.106. The van der Waals surface area contributed by atoms with Gasteiger partial charge >= 0.3 is 12.2 Å². The fourth-order valence-electron chi connectivity index (χ4n) is 3.08. The molecule has 2 aromatic heterocycles. The van der Waals surface area contributed by atoms with Crippen LogP contribution in [0.4, 0.5) is 13.2 Å². The topological polar surface area (TPSA) is 61.9 Å². The SMILES string of the molecule is Cn1cnc2c(=O)n(-c3ccc(Cl)cc3)c(OCCc3ccc(C(F)(F)F)cc3)nc21. The van der Waals surface area contributed by atoms with Gasteiger partial charge in [0, 0.05) is 18.5 Å². The molecule has 0 bridgehead atoms. The van der Waals surface area contributed by atoms with E-state index in [9.17, 15) is 18.0 Å². The number of fused-ring (bicyclic) bond motifs is 1. The van der Waals surface area contributed by atoms with Crippen LogP contribution in [0, 0.1) is 0 Å². The second-order valence-electron chi connectivity index (χ2n) is 6.83. The number of rotatable bonds is 5. The summed E-state index contributed by atoms with van der Waals surface area (Å²) < 4.78 is 46.8. The zero-order valence-electron chi connectivity index (χ0n) is 16.2. The average molecular weight is 449 g/mol. The van der Waals surface area contributed by atoms with E-state index in [2.05, 4.69) is 9.97 Å². The average Bonchev–Trinajstić information content (AvgIpc) is 3.10. The summed E-state index contributed by atoms with van der Waals surface area (Å²) in [5.41, 5.74) is 0.593. The van der Waals surface area contributed by atoms with Crippen molar-refractivity contribution in [3.63, 3.8) is 0 Å². The van der Waals surface area contributed by atoms with Crippen molar-refractivity contribution in [2.45, 2.75) is 12.6 Å². The number of benzene rings is 2. The lowest BCUT2D eigenvalue weighted by atomic mass is 10.1. The van der Waals surface area contributed by atoms with Crippen molar-refractivity contribution in [3.05, 3.63) is 81.4 Å². The van der Waals surface area contributed by atoms with Crippen LogP contribution in [0.3, 0.4) is 0 Å². The molecule has 0 unspecified atom stereocenters. The first-order chi connectivity index (χ1) is 14.7. The number of hydrogen-bond acceptors (Lipinski definition) is 4. The fourth-order valence-corrected chi connectivity index (χ4v) is 3.20. The monoisotopic (exact) mass is 448 g/mol. The zero-order valence-corrected chi connectivity index (χ0v) is 17.0. The first-order valence-electron chi connectivity index (χ1n) is 9.23. The van der Waals surface area contributed by atoms with Gasteiger partial charge in [0.2, 0.25) is 0 Å². The van der Waals surface area contributed by atoms with Crippen LogP contribution in [0.1, 0.15) is 11.1 Å². The Morgan fingerprint density at radius 3 is 2.39 bits per heavy atom. The first-order valence-corrected chi connectivity index (χ1v) is 9.61. The van der Waals surface area contributed by atoms with Crippen LogP contribution in [0.5, 0.6) is 6.01 Å². The summed E-state index contributed by atoms with van der Waals surface area (Å²) in [7, 11) is 1.71. The molecular weight excluding hydrogens is 433 g/mol. The van der Waals surface area contributed by atoms with Gasteiger partial charge in [-0.05, 0) is 42.0 Å². The number of alkyl halides is 3. The van der Waals surface area contributed by atoms with Crippen LogP contribution in [-0.2, 0) is 19.6 Å². The van der Waals surface area contributed by atoms with Gasteiger partial charge in [0.25, 0.3) is 5.56 Å². The van der Waals surface area contributed by atoms with Crippen molar-refractivity contribution >= 4 is 22.8 Å². The molecule has 4 aromatic rings. The first kappa shape index (κ1) is 20.9. The minimum Gasteiger partial charge on any atom is -0.464 e. The zero-order chi connectivity index (χ0) is 22.2. The minimum atomic E-state index is -4.38. The molecule has 0 radical (unpaired) electrons. The molecule has 0 amide bonds. The van der Waals surface area contributed by atoms with Crippen LogP contribution < -0.4 is 10.3 Å². The second-order valence-corrected chi connectivity index (χ2v) is 7.27. The van der Waals surface area contributed by atoms with E-state index >= 15 is 0 Å². The molecular formula is C21H16ClF3N4O2. The van der Waals surface area contributed by atoms with E-state index < -0.39 is 17.3 Å². The Morgan fingerprint density at radius 2 is 1.74 bits per heavy atom. The number of hydrogen-bond donors (Lipinski definition) is 0. The number of nitrogens with zero attached hydrogens (tertiary/aromatic N) is 4. The standard InChI is InChI=1S/C21H16ClF3N4O2/c1-28-12-26-17-18(28)27-20(29(19(17)30)16-8-6-15(22)7-9-16)31-11-10-13-2-4-14(5-3-13)21(23,24)25/h2-9,12H,10-11H2,1H3. The summed E-state index contributed by atoms with van der Waals surface area (Å²) in [5, 5.41) is 0.508. The van der Waals surface area contributed by atoms with Gasteiger partial charge in [0.1, 0.15) is 0 Å². The summed E-state index contributed by atoms with van der Waals surface area (Å²) in [6, 6.07) is 11.5. The van der Waals surface area contributed by atoms with Crippen molar-refractivity contribution in [2.75, 3.05) is 6.61 Å². The molecule has 6 nitrogen and oxygen atoms in total. The Hall–Kier alpha value is -3.33. The Labute approximate surface area is 179 Å². The van der Waals surface area contributed by atoms with Crippen LogP contribution in [-0.4, -0.2) is 25.7 Å². The Kier molecular flexibility index (Phi) is 5.45. The van der Waals surface area contributed by atoms with Gasteiger partial charge in [-0.1, -0.05) is 23.7 Å². The molecule has 2 aromatic carbocycles. The molecule has 0 saturated heterocycles. The van der Waals surface area contributed by atoms with Gasteiger partial charge in [0.05, 0.1) is 24.2 Å². The number of halogens is 4.